The number of benzene rings is 3. The van der Waals surface area contributed by atoms with E-state index >= 15 is 0 Å². The number of nitrogens with zero attached hydrogens (tertiary/aromatic N) is 4. The van der Waals surface area contributed by atoms with Crippen molar-refractivity contribution >= 4 is 29.1 Å². The lowest BCUT2D eigenvalue weighted by Crippen LogP contribution is -2.34. The van der Waals surface area contributed by atoms with E-state index in [9.17, 15) is 29.4 Å². The van der Waals surface area contributed by atoms with Crippen molar-refractivity contribution in [3.63, 3.8) is 0 Å². The Labute approximate surface area is 222 Å². The van der Waals surface area contributed by atoms with Gasteiger partial charge in [0.15, 0.2) is 18.2 Å². The van der Waals surface area contributed by atoms with Gasteiger partial charge in [-0.2, -0.15) is 5.10 Å². The summed E-state index contributed by atoms with van der Waals surface area (Å²) in [7, 11) is 0. The zero-order chi connectivity index (χ0) is 27.5. The van der Waals surface area contributed by atoms with Crippen molar-refractivity contribution in [2.45, 2.75) is 25.3 Å². The van der Waals surface area contributed by atoms with Crippen molar-refractivity contribution in [2.75, 3.05) is 6.61 Å². The summed E-state index contributed by atoms with van der Waals surface area (Å²) < 4.78 is 19.5. The third-order valence-electron chi connectivity index (χ3n) is 6.79. The summed E-state index contributed by atoms with van der Waals surface area (Å²) in [4.78, 5) is 35.2. The Kier molecular flexibility index (Phi) is 7.13. The van der Waals surface area contributed by atoms with Crippen LogP contribution in [0.3, 0.4) is 0 Å². The normalized spacial score (nSPS) is 19.4. The number of rotatable bonds is 7. The molecule has 1 heterocycles. The van der Waals surface area contributed by atoms with Crippen LogP contribution in [0.1, 0.15) is 36.4 Å². The number of carbonyl (C=O) groups excluding carboxylic acids is 1. The standard InChI is InChI=1S/C28H23FN4O6/c29-24-12-1-2-13-25(24)39-17-26(34)31-28(20-8-4-10-22(16-20)33(37)38)23-11-5-7-19(27(23)30-31)14-18-6-3-9-21(15-18)32(35)36/h1-4,6,8-10,12-16,23,28H,5,7,11,17H2/b19-14+/t23-,28-/m1/s1. The molecule has 39 heavy (non-hydrogen) atoms. The van der Waals surface area contributed by atoms with Crippen molar-refractivity contribution in [3.05, 3.63) is 116 Å². The molecule has 0 N–H and O–H groups in total. The van der Waals surface area contributed by atoms with E-state index in [2.05, 4.69) is 5.10 Å². The average Bonchev–Trinajstić information content (AvgIpc) is 3.33. The molecule has 5 rings (SSSR count). The highest BCUT2D eigenvalue weighted by Crippen LogP contribution is 2.45. The minimum absolute atomic E-state index is 0.0401. The third kappa shape index (κ3) is 5.37. The van der Waals surface area contributed by atoms with Gasteiger partial charge in [-0.1, -0.05) is 36.4 Å². The maximum absolute atomic E-state index is 14.1. The molecule has 0 unspecified atom stereocenters. The van der Waals surface area contributed by atoms with Crippen molar-refractivity contribution in [3.8, 4) is 5.75 Å². The minimum Gasteiger partial charge on any atom is -0.481 e. The van der Waals surface area contributed by atoms with Crippen LogP contribution in [0, 0.1) is 32.0 Å². The molecule has 1 amide bonds. The van der Waals surface area contributed by atoms with Crippen molar-refractivity contribution < 1.29 is 23.8 Å². The van der Waals surface area contributed by atoms with E-state index in [1.165, 1.54) is 47.5 Å². The number of nitro benzene ring substituents is 2. The number of carbonyl (C=O) groups is 1. The molecule has 0 spiro atoms. The van der Waals surface area contributed by atoms with Gasteiger partial charge in [-0.15, -0.1) is 0 Å². The Hall–Kier alpha value is -4.93. The van der Waals surface area contributed by atoms with Gasteiger partial charge in [0.25, 0.3) is 17.3 Å². The molecule has 1 aliphatic carbocycles. The van der Waals surface area contributed by atoms with Crippen molar-refractivity contribution in [1.82, 2.24) is 5.01 Å². The Bertz CT molecular complexity index is 1520. The zero-order valence-corrected chi connectivity index (χ0v) is 20.6. The van der Waals surface area contributed by atoms with E-state index in [0.717, 1.165) is 12.0 Å². The lowest BCUT2D eigenvalue weighted by molar-refractivity contribution is -0.385. The van der Waals surface area contributed by atoms with E-state index in [-0.39, 0.29) is 23.0 Å². The van der Waals surface area contributed by atoms with Gasteiger partial charge in [-0.3, -0.25) is 25.0 Å². The number of allylic oxidation sites excluding steroid dienone is 1. The van der Waals surface area contributed by atoms with E-state index in [0.29, 0.717) is 29.7 Å². The summed E-state index contributed by atoms with van der Waals surface area (Å²) in [6.07, 6.45) is 3.92. The van der Waals surface area contributed by atoms with Crippen LogP contribution in [0.4, 0.5) is 15.8 Å². The first-order valence-corrected chi connectivity index (χ1v) is 12.3. The molecule has 198 valence electrons. The van der Waals surface area contributed by atoms with Crippen LogP contribution in [-0.4, -0.2) is 33.1 Å². The van der Waals surface area contributed by atoms with Crippen LogP contribution in [0.25, 0.3) is 6.08 Å². The summed E-state index contributed by atoms with van der Waals surface area (Å²) >= 11 is 0. The molecule has 3 aromatic rings. The predicted molar refractivity (Wildman–Crippen MR) is 140 cm³/mol. The molecular weight excluding hydrogens is 507 g/mol. The Morgan fingerprint density at radius 2 is 1.74 bits per heavy atom. The largest absolute Gasteiger partial charge is 0.481 e. The number of hydrogen-bond acceptors (Lipinski definition) is 7. The fraction of sp³-hybridized carbons (Fsp3) is 0.214. The molecule has 11 heteroatoms. The highest BCUT2D eigenvalue weighted by Gasteiger charge is 2.44. The van der Waals surface area contributed by atoms with Crippen molar-refractivity contribution in [2.24, 2.45) is 11.0 Å². The molecule has 1 saturated carbocycles. The highest BCUT2D eigenvalue weighted by atomic mass is 19.1. The number of amides is 1. The predicted octanol–water partition coefficient (Wildman–Crippen LogP) is 5.84. The molecule has 0 radical (unpaired) electrons. The van der Waals surface area contributed by atoms with Gasteiger partial charge < -0.3 is 4.74 Å². The summed E-state index contributed by atoms with van der Waals surface area (Å²) in [5, 5.41) is 28.6. The monoisotopic (exact) mass is 530 g/mol. The number of fused-ring (bicyclic) bond motifs is 1. The van der Waals surface area contributed by atoms with Gasteiger partial charge in [0, 0.05) is 30.2 Å². The number of para-hydroxylation sites is 1. The Morgan fingerprint density at radius 1 is 1.03 bits per heavy atom. The van der Waals surface area contributed by atoms with Crippen LogP contribution in [0.5, 0.6) is 5.75 Å². The summed E-state index contributed by atoms with van der Waals surface area (Å²) in [5.74, 6) is -1.48. The number of ether oxygens (including phenoxy) is 1. The quantitative estimate of drug-likeness (QED) is 0.279. The molecule has 1 aliphatic heterocycles. The molecule has 0 aromatic heterocycles. The topological polar surface area (TPSA) is 128 Å². The maximum Gasteiger partial charge on any atom is 0.281 e. The first kappa shape index (κ1) is 25.7. The third-order valence-corrected chi connectivity index (χ3v) is 6.79. The molecule has 3 aromatic carbocycles. The maximum atomic E-state index is 14.1. The lowest BCUT2D eigenvalue weighted by Gasteiger charge is -2.29. The zero-order valence-electron chi connectivity index (χ0n) is 20.6. The molecule has 10 nitrogen and oxygen atoms in total. The van der Waals surface area contributed by atoms with Crippen LogP contribution in [-0.2, 0) is 4.79 Å². The molecular formula is C28H23FN4O6. The minimum atomic E-state index is -0.634. The molecule has 0 bridgehead atoms. The second-order valence-electron chi connectivity index (χ2n) is 9.26. The smallest absolute Gasteiger partial charge is 0.281 e. The average molecular weight is 531 g/mol. The van der Waals surface area contributed by atoms with Crippen LogP contribution in [0.2, 0.25) is 0 Å². The number of non-ortho nitro benzene ring substituents is 2. The van der Waals surface area contributed by atoms with Crippen LogP contribution in [0.15, 0.2) is 83.5 Å². The van der Waals surface area contributed by atoms with E-state index in [4.69, 9.17) is 4.74 Å². The highest BCUT2D eigenvalue weighted by molar-refractivity contribution is 6.08. The second kappa shape index (κ2) is 10.8. The first-order valence-electron chi connectivity index (χ1n) is 12.3. The first-order chi connectivity index (χ1) is 18.8. The second-order valence-corrected chi connectivity index (χ2v) is 9.26. The molecule has 1 fully saturated rings. The molecule has 2 atom stereocenters. The summed E-state index contributed by atoms with van der Waals surface area (Å²) in [6.45, 7) is -0.486. The number of nitro groups is 2. The van der Waals surface area contributed by atoms with Gasteiger partial charge in [-0.05, 0) is 54.2 Å². The van der Waals surface area contributed by atoms with Crippen LogP contribution < -0.4 is 4.74 Å². The molecule has 2 aliphatic rings. The number of hydrogen-bond donors (Lipinski definition) is 0. The summed E-state index contributed by atoms with van der Waals surface area (Å²) in [6, 6.07) is 17.4. The van der Waals surface area contributed by atoms with Crippen LogP contribution >= 0.6 is 0 Å². The van der Waals surface area contributed by atoms with Gasteiger partial charge in [0.1, 0.15) is 0 Å². The summed E-state index contributed by atoms with van der Waals surface area (Å²) in [5.41, 5.74) is 2.49. The Morgan fingerprint density at radius 3 is 2.49 bits per heavy atom. The van der Waals surface area contributed by atoms with E-state index in [1.807, 2.05) is 6.08 Å². The molecule has 0 saturated heterocycles. The lowest BCUT2D eigenvalue weighted by atomic mass is 9.77. The fourth-order valence-corrected chi connectivity index (χ4v) is 5.06. The van der Waals surface area contributed by atoms with Gasteiger partial charge in [0.2, 0.25) is 0 Å². The fourth-order valence-electron chi connectivity index (χ4n) is 5.06. The Balaban J connectivity index is 1.51. The number of halogens is 1. The van der Waals surface area contributed by atoms with Crippen molar-refractivity contribution in [1.29, 1.82) is 0 Å². The van der Waals surface area contributed by atoms with E-state index in [1.54, 1.807) is 30.3 Å². The van der Waals surface area contributed by atoms with Gasteiger partial charge >= 0.3 is 0 Å². The number of hydrazone groups is 1. The van der Waals surface area contributed by atoms with Gasteiger partial charge in [0.05, 0.1) is 21.6 Å². The van der Waals surface area contributed by atoms with Gasteiger partial charge in [-0.25, -0.2) is 9.40 Å². The van der Waals surface area contributed by atoms with E-state index < -0.39 is 34.2 Å². The SMILES string of the molecule is O=C(COc1ccccc1F)N1N=C2/C(=C/c3cccc([N+](=O)[O-])c3)CCC[C@H]2[C@H]1c1cccc([N+](=O)[O-])c1.